The highest BCUT2D eigenvalue weighted by atomic mass is 14.6. The van der Waals surface area contributed by atoms with Crippen LogP contribution in [0.1, 0.15) is 33.7 Å². The molecule has 0 atom stereocenters. The molecule has 1 aromatic heterocycles. The van der Waals surface area contributed by atoms with Gasteiger partial charge in [0.2, 0.25) is 0 Å². The van der Waals surface area contributed by atoms with E-state index in [1.165, 1.54) is 0 Å². The van der Waals surface area contributed by atoms with E-state index < -0.39 is 0 Å². The number of rotatable bonds is 3. The van der Waals surface area contributed by atoms with Crippen LogP contribution < -0.4 is 0 Å². The Bertz CT molecular complexity index is 810. The molecule has 0 bridgehead atoms. The highest BCUT2D eigenvalue weighted by molar-refractivity contribution is 5.45. The van der Waals surface area contributed by atoms with E-state index in [1.807, 2.05) is 66.9 Å². The van der Waals surface area contributed by atoms with Crippen LogP contribution in [0.15, 0.2) is 73.1 Å². The zero-order valence-electron chi connectivity index (χ0n) is 12.3. The lowest BCUT2D eigenvalue weighted by atomic mass is 9.85. The Kier molecular flexibility index (Phi) is 4.13. The van der Waals surface area contributed by atoms with Crippen LogP contribution in [0.4, 0.5) is 0 Å². The molecule has 3 nitrogen and oxygen atoms in total. The number of aromatic nitrogens is 1. The van der Waals surface area contributed by atoms with E-state index in [1.54, 1.807) is 6.20 Å². The van der Waals surface area contributed by atoms with Crippen LogP contribution in [0, 0.1) is 22.7 Å². The molecule has 23 heavy (non-hydrogen) atoms. The molecule has 0 fully saturated rings. The van der Waals surface area contributed by atoms with Gasteiger partial charge in [-0.15, -0.1) is 0 Å². The molecule has 0 N–H and O–H groups in total. The largest absolute Gasteiger partial charge is 0.264 e. The molecule has 0 aliphatic carbocycles. The number of pyridine rings is 1. The van der Waals surface area contributed by atoms with Gasteiger partial charge in [-0.1, -0.05) is 30.3 Å². The first-order valence-corrected chi connectivity index (χ1v) is 7.22. The van der Waals surface area contributed by atoms with Crippen molar-refractivity contribution in [1.82, 2.24) is 4.98 Å². The number of hydrogen-bond acceptors (Lipinski definition) is 3. The molecule has 2 aromatic carbocycles. The Labute approximate surface area is 135 Å². The number of nitrogens with zero attached hydrogens (tertiary/aromatic N) is 3. The average Bonchev–Trinajstić information content (AvgIpc) is 2.64. The van der Waals surface area contributed by atoms with E-state index >= 15 is 0 Å². The second kappa shape index (κ2) is 6.56. The quantitative estimate of drug-likeness (QED) is 0.733. The van der Waals surface area contributed by atoms with Crippen molar-refractivity contribution in [1.29, 1.82) is 10.5 Å². The molecule has 0 aliphatic heterocycles. The van der Waals surface area contributed by atoms with Crippen LogP contribution in [0.25, 0.3) is 0 Å². The van der Waals surface area contributed by atoms with Gasteiger partial charge < -0.3 is 0 Å². The maximum atomic E-state index is 8.97. The van der Waals surface area contributed by atoms with Crippen molar-refractivity contribution in [2.75, 3.05) is 0 Å². The highest BCUT2D eigenvalue weighted by Gasteiger charge is 2.17. The predicted molar refractivity (Wildman–Crippen MR) is 87.5 cm³/mol. The van der Waals surface area contributed by atoms with Gasteiger partial charge in [-0.05, 0) is 47.0 Å². The monoisotopic (exact) mass is 295 g/mol. The van der Waals surface area contributed by atoms with Crippen LogP contribution in [0.2, 0.25) is 0 Å². The summed E-state index contributed by atoms with van der Waals surface area (Å²) >= 11 is 0. The molecule has 0 unspecified atom stereocenters. The summed E-state index contributed by atoms with van der Waals surface area (Å²) in [6.45, 7) is 0. The third kappa shape index (κ3) is 3.10. The molecule has 3 rings (SSSR count). The van der Waals surface area contributed by atoms with Gasteiger partial charge in [0.25, 0.3) is 0 Å². The fraction of sp³-hybridized carbons (Fsp3) is 0.0500. The molecule has 3 aromatic rings. The van der Waals surface area contributed by atoms with Gasteiger partial charge in [0, 0.05) is 18.3 Å². The summed E-state index contributed by atoms with van der Waals surface area (Å²) in [6, 6.07) is 23.4. The lowest BCUT2D eigenvalue weighted by Crippen LogP contribution is -2.04. The minimum Gasteiger partial charge on any atom is -0.264 e. The smallest absolute Gasteiger partial charge is 0.0991 e. The van der Waals surface area contributed by atoms with Crippen molar-refractivity contribution >= 4 is 0 Å². The summed E-state index contributed by atoms with van der Waals surface area (Å²) < 4.78 is 0. The van der Waals surface area contributed by atoms with Crippen LogP contribution in [-0.2, 0) is 0 Å². The van der Waals surface area contributed by atoms with Gasteiger partial charge in [0.05, 0.1) is 23.3 Å². The molecular formula is C20H13N3. The van der Waals surface area contributed by atoms with E-state index in [4.69, 9.17) is 10.5 Å². The standard InChI is InChI=1S/C20H13N3/c21-12-15-3-7-17(8-4-15)20(19-2-1-11-23-14-19)18-9-5-16(13-22)6-10-18/h1-11,14,20H. The lowest BCUT2D eigenvalue weighted by Gasteiger charge is -2.18. The minimum atomic E-state index is 0.0178. The van der Waals surface area contributed by atoms with Crippen LogP contribution >= 0.6 is 0 Å². The summed E-state index contributed by atoms with van der Waals surface area (Å²) in [5, 5.41) is 17.9. The first-order valence-electron chi connectivity index (χ1n) is 7.22. The predicted octanol–water partition coefficient (Wildman–Crippen LogP) is 4.01. The summed E-state index contributed by atoms with van der Waals surface area (Å²) in [7, 11) is 0. The van der Waals surface area contributed by atoms with Crippen molar-refractivity contribution in [3.05, 3.63) is 101 Å². The Morgan fingerprint density at radius 3 is 1.61 bits per heavy atom. The lowest BCUT2D eigenvalue weighted by molar-refractivity contribution is 0.962. The molecular weight excluding hydrogens is 282 g/mol. The Balaban J connectivity index is 2.09. The molecule has 0 amide bonds. The molecule has 108 valence electrons. The normalized spacial score (nSPS) is 10.0. The second-order valence-corrected chi connectivity index (χ2v) is 5.19. The summed E-state index contributed by atoms with van der Waals surface area (Å²) in [5.74, 6) is 0.0178. The molecule has 0 saturated carbocycles. The molecule has 0 radical (unpaired) electrons. The number of benzene rings is 2. The number of nitriles is 2. The summed E-state index contributed by atoms with van der Waals surface area (Å²) in [6.07, 6.45) is 3.60. The van der Waals surface area contributed by atoms with Gasteiger partial charge in [0.1, 0.15) is 0 Å². The van der Waals surface area contributed by atoms with Crippen molar-refractivity contribution in [3.63, 3.8) is 0 Å². The average molecular weight is 295 g/mol. The third-order valence-electron chi connectivity index (χ3n) is 3.76. The van der Waals surface area contributed by atoms with Gasteiger partial charge in [-0.25, -0.2) is 0 Å². The number of hydrogen-bond donors (Lipinski definition) is 0. The molecule has 1 heterocycles. The van der Waals surface area contributed by atoms with E-state index in [2.05, 4.69) is 17.1 Å². The van der Waals surface area contributed by atoms with Gasteiger partial charge >= 0.3 is 0 Å². The highest BCUT2D eigenvalue weighted by Crippen LogP contribution is 2.31. The van der Waals surface area contributed by atoms with E-state index in [9.17, 15) is 0 Å². The van der Waals surface area contributed by atoms with Gasteiger partial charge in [-0.3, -0.25) is 4.98 Å². The zero-order valence-corrected chi connectivity index (χ0v) is 12.3. The summed E-state index contributed by atoms with van der Waals surface area (Å²) in [5.41, 5.74) is 4.52. The molecule has 0 spiro atoms. The van der Waals surface area contributed by atoms with Gasteiger partial charge in [-0.2, -0.15) is 10.5 Å². The van der Waals surface area contributed by atoms with Crippen molar-refractivity contribution in [2.45, 2.75) is 5.92 Å². The maximum absolute atomic E-state index is 8.97. The van der Waals surface area contributed by atoms with Crippen LogP contribution in [0.3, 0.4) is 0 Å². The minimum absolute atomic E-state index is 0.0178. The topological polar surface area (TPSA) is 60.5 Å². The van der Waals surface area contributed by atoms with Gasteiger partial charge in [0.15, 0.2) is 0 Å². The first-order chi connectivity index (χ1) is 11.3. The third-order valence-corrected chi connectivity index (χ3v) is 3.76. The van der Waals surface area contributed by atoms with E-state index in [0.29, 0.717) is 11.1 Å². The Hall–Kier alpha value is -3.43. The fourth-order valence-corrected chi connectivity index (χ4v) is 2.62. The zero-order chi connectivity index (χ0) is 16.1. The molecule has 0 saturated heterocycles. The molecule has 0 aliphatic rings. The molecule has 3 heteroatoms. The summed E-state index contributed by atoms with van der Waals surface area (Å²) in [4.78, 5) is 4.22. The van der Waals surface area contributed by atoms with Crippen molar-refractivity contribution in [2.24, 2.45) is 0 Å². The first kappa shape index (κ1) is 14.5. The van der Waals surface area contributed by atoms with Crippen molar-refractivity contribution in [3.8, 4) is 12.1 Å². The van der Waals surface area contributed by atoms with Crippen molar-refractivity contribution < 1.29 is 0 Å². The van der Waals surface area contributed by atoms with E-state index in [-0.39, 0.29) is 5.92 Å². The van der Waals surface area contributed by atoms with E-state index in [0.717, 1.165) is 16.7 Å². The van der Waals surface area contributed by atoms with Crippen LogP contribution in [0.5, 0.6) is 0 Å². The Morgan fingerprint density at radius 1 is 0.696 bits per heavy atom. The SMILES string of the molecule is N#Cc1ccc(C(c2ccc(C#N)cc2)c2cccnc2)cc1. The Morgan fingerprint density at radius 2 is 1.22 bits per heavy atom. The second-order valence-electron chi connectivity index (χ2n) is 5.19. The maximum Gasteiger partial charge on any atom is 0.0991 e. The fourth-order valence-electron chi connectivity index (χ4n) is 2.62. The van der Waals surface area contributed by atoms with Crippen LogP contribution in [-0.4, -0.2) is 4.98 Å².